The molecule has 4 aromatic rings. The van der Waals surface area contributed by atoms with Gasteiger partial charge in [0.05, 0.1) is 7.11 Å². The van der Waals surface area contributed by atoms with E-state index in [-0.39, 0.29) is 3.18 Å². The van der Waals surface area contributed by atoms with Crippen molar-refractivity contribution in [2.45, 2.75) is 168 Å². The summed E-state index contributed by atoms with van der Waals surface area (Å²) in [5, 5.41) is 9.54. The summed E-state index contributed by atoms with van der Waals surface area (Å²) in [5.74, 6) is 8.87. The average molecular weight is 1050 g/mol. The van der Waals surface area contributed by atoms with E-state index in [2.05, 4.69) is 136 Å². The van der Waals surface area contributed by atoms with Gasteiger partial charge in [-0.25, -0.2) is 0 Å². The molecule has 0 unspecified atom stereocenters. The molecule has 342 valence electrons. The molecule has 4 aromatic carbocycles. The summed E-state index contributed by atoms with van der Waals surface area (Å²) in [5.41, 5.74) is 10.9. The molecule has 1 N–H and O–H groups in total. The summed E-state index contributed by atoms with van der Waals surface area (Å²) in [6.45, 7) is 9.18. The predicted molar refractivity (Wildman–Crippen MR) is 284 cm³/mol. The van der Waals surface area contributed by atoms with E-state index < -0.39 is 0 Å². The Bertz CT molecular complexity index is 1910. The molecule has 4 aliphatic carbocycles. The van der Waals surface area contributed by atoms with Crippen molar-refractivity contribution < 1.29 is 9.84 Å². The Morgan fingerprint density at radius 1 is 0.492 bits per heavy atom. The first-order valence-electron chi connectivity index (χ1n) is 25.1. The molecular weight excluding hydrogens is 967 g/mol. The molecule has 4 fully saturated rings. The van der Waals surface area contributed by atoms with E-state index in [1.54, 1.807) is 24.8 Å². The first kappa shape index (κ1) is 50.4. The molecule has 63 heavy (non-hydrogen) atoms. The van der Waals surface area contributed by atoms with Crippen LogP contribution in [-0.4, -0.2) is 15.4 Å². The van der Waals surface area contributed by atoms with E-state index in [0.717, 1.165) is 53.1 Å². The molecular formula is C57H78BBr3O2. The summed E-state index contributed by atoms with van der Waals surface area (Å²) >= 11 is 9.31. The average Bonchev–Trinajstić information content (AvgIpc) is 3.30. The Morgan fingerprint density at radius 3 is 1.14 bits per heavy atom. The van der Waals surface area contributed by atoms with E-state index in [1.165, 1.54) is 167 Å². The van der Waals surface area contributed by atoms with Gasteiger partial charge in [-0.2, -0.15) is 0 Å². The van der Waals surface area contributed by atoms with Crippen molar-refractivity contribution in [1.82, 2.24) is 0 Å². The minimum atomic E-state index is 0.271. The van der Waals surface area contributed by atoms with Crippen LogP contribution >= 0.6 is 47.3 Å². The third-order valence-corrected chi connectivity index (χ3v) is 16.1. The molecule has 0 saturated heterocycles. The quantitative estimate of drug-likeness (QED) is 0.152. The Morgan fingerprint density at radius 2 is 0.825 bits per heavy atom. The number of hydrogen-bond acceptors (Lipinski definition) is 2. The number of rotatable bonds is 11. The van der Waals surface area contributed by atoms with Gasteiger partial charge < -0.3 is 9.84 Å². The molecule has 2 nitrogen and oxygen atoms in total. The molecule has 0 bridgehead atoms. The summed E-state index contributed by atoms with van der Waals surface area (Å²) < 4.78 is 5.57. The zero-order valence-electron chi connectivity index (χ0n) is 39.4. The van der Waals surface area contributed by atoms with Crippen molar-refractivity contribution in [3.05, 3.63) is 107 Å². The zero-order valence-corrected chi connectivity index (χ0v) is 44.2. The minimum absolute atomic E-state index is 0.271. The summed E-state index contributed by atoms with van der Waals surface area (Å²) in [6.07, 6.45) is 29.0. The van der Waals surface area contributed by atoms with Gasteiger partial charge in [-0.3, -0.25) is 0 Å². The van der Waals surface area contributed by atoms with Crippen molar-refractivity contribution in [2.24, 2.45) is 35.5 Å². The number of benzene rings is 4. The second-order valence-electron chi connectivity index (χ2n) is 20.0. The third kappa shape index (κ3) is 15.0. The molecule has 6 heteroatoms. The number of phenolic OH excluding ortho intramolecular Hbond substituents is 1. The zero-order chi connectivity index (χ0) is 44.7. The largest absolute Gasteiger partial charge is 0.508 e. The summed E-state index contributed by atoms with van der Waals surface area (Å²) in [6, 6.07) is 30.3. The van der Waals surface area contributed by atoms with Crippen molar-refractivity contribution in [3.8, 4) is 33.8 Å². The number of ether oxygens (including phenoxy) is 1. The smallest absolute Gasteiger partial charge is 0.369 e. The fraction of sp³-hybridized carbons (Fsp3) is 0.579. The lowest BCUT2D eigenvalue weighted by Crippen LogP contribution is -2.25. The van der Waals surface area contributed by atoms with Crippen LogP contribution in [-0.2, 0) is 0 Å². The van der Waals surface area contributed by atoms with Crippen molar-refractivity contribution in [3.63, 3.8) is 0 Å². The Balaban J connectivity index is 0.000000194. The second kappa shape index (κ2) is 25.8. The molecule has 0 atom stereocenters. The molecule has 4 aliphatic rings. The molecule has 0 amide bonds. The number of phenols is 1. The number of hydrogen-bond donors (Lipinski definition) is 1. The van der Waals surface area contributed by atoms with Gasteiger partial charge in [0, 0.05) is 0 Å². The van der Waals surface area contributed by atoms with Gasteiger partial charge in [-0.05, 0) is 207 Å². The van der Waals surface area contributed by atoms with Crippen LogP contribution in [0.1, 0.15) is 176 Å². The summed E-state index contributed by atoms with van der Waals surface area (Å²) in [4.78, 5) is 0. The highest BCUT2D eigenvalue weighted by atomic mass is 79.9. The topological polar surface area (TPSA) is 29.5 Å². The SMILES string of the molecule is BrB(Br)Br.CCCC1CCC(C2CCC(c3ccc(-c4ccc(O)cc4)c(C)c3)CC2)CC1.CCCC1CCC(C2CCC(c3ccc(-c4ccc(OC)cc4)c(C)c3)CC2)CC1. The van der Waals surface area contributed by atoms with Crippen LogP contribution in [0, 0.1) is 49.4 Å². The molecule has 4 saturated carbocycles. The monoisotopic (exact) mass is 1040 g/mol. The van der Waals surface area contributed by atoms with Gasteiger partial charge in [0.25, 0.3) is 0 Å². The maximum absolute atomic E-state index is 9.54. The minimum Gasteiger partial charge on any atom is -0.508 e. The van der Waals surface area contributed by atoms with Gasteiger partial charge in [0.2, 0.25) is 0 Å². The molecule has 0 spiro atoms. The van der Waals surface area contributed by atoms with Gasteiger partial charge >= 0.3 is 3.18 Å². The van der Waals surface area contributed by atoms with Crippen LogP contribution in [0.2, 0.25) is 0 Å². The Labute approximate surface area is 408 Å². The van der Waals surface area contributed by atoms with E-state index >= 15 is 0 Å². The number of aryl methyl sites for hydroxylation is 2. The highest BCUT2D eigenvalue weighted by Crippen LogP contribution is 2.47. The van der Waals surface area contributed by atoms with Crippen LogP contribution in [0.4, 0.5) is 0 Å². The number of aromatic hydroxyl groups is 1. The normalized spacial score (nSPS) is 26.0. The van der Waals surface area contributed by atoms with Crippen molar-refractivity contribution >= 4 is 50.5 Å². The van der Waals surface area contributed by atoms with Crippen LogP contribution in [0.3, 0.4) is 0 Å². The van der Waals surface area contributed by atoms with Crippen LogP contribution < -0.4 is 4.74 Å². The van der Waals surface area contributed by atoms with Gasteiger partial charge in [0.15, 0.2) is 0 Å². The van der Waals surface area contributed by atoms with E-state index in [0.29, 0.717) is 5.75 Å². The molecule has 0 aromatic heterocycles. The van der Waals surface area contributed by atoms with E-state index in [9.17, 15) is 5.11 Å². The van der Waals surface area contributed by atoms with Gasteiger partial charge in [0.1, 0.15) is 11.5 Å². The highest BCUT2D eigenvalue weighted by molar-refractivity contribution is 9.69. The van der Waals surface area contributed by atoms with Crippen molar-refractivity contribution in [1.29, 1.82) is 0 Å². The predicted octanol–water partition coefficient (Wildman–Crippen LogP) is 19.0. The molecule has 0 heterocycles. The van der Waals surface area contributed by atoms with Crippen LogP contribution in [0.25, 0.3) is 22.3 Å². The fourth-order valence-corrected chi connectivity index (χ4v) is 12.5. The van der Waals surface area contributed by atoms with E-state index in [4.69, 9.17) is 4.74 Å². The van der Waals surface area contributed by atoms with Crippen LogP contribution in [0.15, 0.2) is 84.9 Å². The second-order valence-corrected chi connectivity index (χ2v) is 26.5. The first-order valence-corrected chi connectivity index (χ1v) is 27.9. The van der Waals surface area contributed by atoms with Gasteiger partial charge in [-0.15, -0.1) is 47.3 Å². The third-order valence-electron chi connectivity index (χ3n) is 16.1. The number of methoxy groups -OCH3 is 1. The molecule has 8 rings (SSSR count). The maximum Gasteiger partial charge on any atom is 0.369 e. The standard InChI is InChI=1S/C29H40O.C28H38O.BBr3/c1-4-5-22-6-8-23(9-7-22)24-10-12-25(13-11-24)27-16-19-29(21(2)20-27)26-14-17-28(30-3)18-15-26;1-3-4-21-5-7-22(8-6-21)23-9-11-24(12-10-23)26-15-18-28(20(2)19-26)25-13-16-27(29)17-14-25;2-1(3)4/h14-20,22-25H,4-13H2,1-3H3;13-19,21-24,29H,3-12H2,1-2H3;. The fourth-order valence-electron chi connectivity index (χ4n) is 12.5. The van der Waals surface area contributed by atoms with Crippen molar-refractivity contribution in [2.75, 3.05) is 7.11 Å². The lowest BCUT2D eigenvalue weighted by atomic mass is 9.68. The Hall–Kier alpha value is -2.02. The lowest BCUT2D eigenvalue weighted by Gasteiger charge is -2.38. The first-order chi connectivity index (χ1) is 30.5. The van der Waals surface area contributed by atoms with E-state index in [1.807, 2.05) is 12.1 Å². The molecule has 0 aliphatic heterocycles. The Kier molecular flexibility index (Phi) is 20.6. The van der Waals surface area contributed by atoms with Gasteiger partial charge in [-0.1, -0.05) is 126 Å². The molecule has 0 radical (unpaired) electrons. The summed E-state index contributed by atoms with van der Waals surface area (Å²) in [7, 11) is 1.72. The highest BCUT2D eigenvalue weighted by Gasteiger charge is 2.33. The van der Waals surface area contributed by atoms with Crippen LogP contribution in [0.5, 0.6) is 11.5 Å². The maximum atomic E-state index is 9.54. The number of halogens is 3. The lowest BCUT2D eigenvalue weighted by molar-refractivity contribution is 0.156.